The van der Waals surface area contributed by atoms with Crippen molar-refractivity contribution in [3.63, 3.8) is 0 Å². The average molecular weight is 244 g/mol. The summed E-state index contributed by atoms with van der Waals surface area (Å²) in [4.78, 5) is 0. The molecule has 94 valence electrons. The predicted octanol–water partition coefficient (Wildman–Crippen LogP) is 2.98. The molecule has 0 bridgehead atoms. The number of rotatable bonds is 4. The molecule has 0 aromatic rings. The van der Waals surface area contributed by atoms with Crippen molar-refractivity contribution in [3.05, 3.63) is 0 Å². The minimum atomic E-state index is -0.216. The van der Waals surface area contributed by atoms with Crippen molar-refractivity contribution >= 4 is 11.8 Å². The monoisotopic (exact) mass is 244 g/mol. The van der Waals surface area contributed by atoms with Crippen LogP contribution in [0.15, 0.2) is 0 Å². The maximum absolute atomic E-state index is 9.44. The van der Waals surface area contributed by atoms with Crippen LogP contribution in [-0.4, -0.2) is 33.9 Å². The predicted molar refractivity (Wildman–Crippen MR) is 68.9 cm³/mol. The van der Waals surface area contributed by atoms with Crippen molar-refractivity contribution in [2.24, 2.45) is 0 Å². The molecule has 1 spiro atoms. The summed E-state index contributed by atoms with van der Waals surface area (Å²) in [6.45, 7) is 3.96. The highest BCUT2D eigenvalue weighted by Crippen LogP contribution is 2.44. The Hall–Kier alpha value is 0.270. The number of hydrogen-bond acceptors (Lipinski definition) is 3. The number of hydrogen-bond donors (Lipinski definition) is 1. The van der Waals surface area contributed by atoms with Crippen LogP contribution < -0.4 is 0 Å². The fourth-order valence-electron chi connectivity index (χ4n) is 2.80. The summed E-state index contributed by atoms with van der Waals surface area (Å²) >= 11 is 1.85. The molecule has 0 amide bonds. The smallest absolute Gasteiger partial charge is 0.0687 e. The van der Waals surface area contributed by atoms with Crippen LogP contribution in [0.4, 0.5) is 0 Å². The normalized spacial score (nSPS) is 32.1. The van der Waals surface area contributed by atoms with E-state index >= 15 is 0 Å². The first-order valence-corrected chi connectivity index (χ1v) is 7.64. The Labute approximate surface area is 103 Å². The van der Waals surface area contributed by atoms with Gasteiger partial charge in [-0.15, -0.1) is 0 Å². The van der Waals surface area contributed by atoms with Crippen LogP contribution in [0, 0.1) is 0 Å². The lowest BCUT2D eigenvalue weighted by Gasteiger charge is -2.24. The lowest BCUT2D eigenvalue weighted by Crippen LogP contribution is -2.26. The molecule has 3 unspecified atom stereocenters. The third-order valence-corrected chi connectivity index (χ3v) is 5.56. The highest BCUT2D eigenvalue weighted by molar-refractivity contribution is 7.99. The molecule has 1 saturated heterocycles. The average Bonchev–Trinajstić information content (AvgIpc) is 2.86. The zero-order valence-corrected chi connectivity index (χ0v) is 11.3. The molecule has 0 radical (unpaired) electrons. The van der Waals surface area contributed by atoms with Crippen molar-refractivity contribution in [1.29, 1.82) is 0 Å². The van der Waals surface area contributed by atoms with E-state index < -0.39 is 0 Å². The first-order chi connectivity index (χ1) is 7.61. The fourth-order valence-corrected chi connectivity index (χ4v) is 3.83. The van der Waals surface area contributed by atoms with Gasteiger partial charge in [0.25, 0.3) is 0 Å². The van der Waals surface area contributed by atoms with E-state index in [2.05, 4.69) is 6.92 Å². The Morgan fingerprint density at radius 1 is 1.31 bits per heavy atom. The SMILES string of the molecule is CC(O)C(C)SCC1CCC2(CCCC2)O1. The van der Waals surface area contributed by atoms with Crippen molar-refractivity contribution in [1.82, 2.24) is 0 Å². The van der Waals surface area contributed by atoms with Gasteiger partial charge in [0.1, 0.15) is 0 Å². The number of thioether (sulfide) groups is 1. The zero-order chi connectivity index (χ0) is 11.6. The van der Waals surface area contributed by atoms with Crippen molar-refractivity contribution < 1.29 is 9.84 Å². The van der Waals surface area contributed by atoms with E-state index in [-0.39, 0.29) is 11.7 Å². The van der Waals surface area contributed by atoms with Crippen molar-refractivity contribution in [3.8, 4) is 0 Å². The number of aliphatic hydroxyl groups excluding tert-OH is 1. The Morgan fingerprint density at radius 3 is 2.62 bits per heavy atom. The summed E-state index contributed by atoms with van der Waals surface area (Å²) in [5.74, 6) is 1.05. The maximum Gasteiger partial charge on any atom is 0.0687 e. The first-order valence-electron chi connectivity index (χ1n) is 6.59. The first kappa shape index (κ1) is 12.7. The Balaban J connectivity index is 1.72. The Bertz CT molecular complexity index is 224. The lowest BCUT2D eigenvalue weighted by atomic mass is 9.98. The molecule has 0 aromatic heterocycles. The molecule has 1 N–H and O–H groups in total. The topological polar surface area (TPSA) is 29.5 Å². The van der Waals surface area contributed by atoms with Gasteiger partial charge in [-0.25, -0.2) is 0 Å². The molecule has 1 heterocycles. The molecule has 3 atom stereocenters. The summed E-state index contributed by atoms with van der Waals surface area (Å²) in [5.41, 5.74) is 0.263. The third kappa shape index (κ3) is 2.93. The molecule has 2 aliphatic rings. The van der Waals surface area contributed by atoms with Gasteiger partial charge in [-0.3, -0.25) is 0 Å². The minimum absolute atomic E-state index is 0.216. The highest BCUT2D eigenvalue weighted by atomic mass is 32.2. The van der Waals surface area contributed by atoms with E-state index in [1.807, 2.05) is 18.7 Å². The number of ether oxygens (including phenoxy) is 1. The van der Waals surface area contributed by atoms with Gasteiger partial charge in [0, 0.05) is 11.0 Å². The quantitative estimate of drug-likeness (QED) is 0.824. The second-order valence-corrected chi connectivity index (χ2v) is 6.86. The minimum Gasteiger partial charge on any atom is -0.392 e. The van der Waals surface area contributed by atoms with Crippen LogP contribution in [-0.2, 0) is 4.74 Å². The van der Waals surface area contributed by atoms with E-state index in [1.165, 1.54) is 38.5 Å². The molecule has 1 aliphatic carbocycles. The third-order valence-electron chi connectivity index (χ3n) is 4.08. The molecule has 0 aromatic carbocycles. The maximum atomic E-state index is 9.44. The van der Waals surface area contributed by atoms with E-state index in [1.54, 1.807) is 0 Å². The second kappa shape index (κ2) is 5.28. The molecular weight excluding hydrogens is 220 g/mol. The summed E-state index contributed by atoms with van der Waals surface area (Å²) < 4.78 is 6.24. The van der Waals surface area contributed by atoms with Crippen LogP contribution >= 0.6 is 11.8 Å². The van der Waals surface area contributed by atoms with Gasteiger partial charge in [-0.05, 0) is 32.6 Å². The standard InChI is InChI=1S/C13H24O2S/c1-10(14)11(2)16-9-12-5-8-13(15-12)6-3-4-7-13/h10-12,14H,3-9H2,1-2H3. The fraction of sp³-hybridized carbons (Fsp3) is 1.00. The summed E-state index contributed by atoms with van der Waals surface area (Å²) in [5, 5.41) is 9.76. The molecule has 2 rings (SSSR count). The number of aliphatic hydroxyl groups is 1. The molecule has 2 fully saturated rings. The highest BCUT2D eigenvalue weighted by Gasteiger charge is 2.42. The van der Waals surface area contributed by atoms with E-state index in [4.69, 9.17) is 4.74 Å². The van der Waals surface area contributed by atoms with Crippen LogP contribution in [0.25, 0.3) is 0 Å². The zero-order valence-electron chi connectivity index (χ0n) is 10.4. The lowest BCUT2D eigenvalue weighted by molar-refractivity contribution is -0.0268. The molecule has 1 aliphatic heterocycles. The second-order valence-electron chi connectivity index (χ2n) is 5.45. The van der Waals surface area contributed by atoms with E-state index in [0.717, 1.165) is 5.75 Å². The van der Waals surface area contributed by atoms with Gasteiger partial charge in [0.05, 0.1) is 17.8 Å². The van der Waals surface area contributed by atoms with Crippen LogP contribution in [0.3, 0.4) is 0 Å². The van der Waals surface area contributed by atoms with Gasteiger partial charge in [-0.2, -0.15) is 11.8 Å². The van der Waals surface area contributed by atoms with Crippen LogP contribution in [0.5, 0.6) is 0 Å². The van der Waals surface area contributed by atoms with Crippen LogP contribution in [0.1, 0.15) is 52.4 Å². The molecule has 2 nitrogen and oxygen atoms in total. The molecular formula is C13H24O2S. The van der Waals surface area contributed by atoms with E-state index in [9.17, 15) is 5.11 Å². The van der Waals surface area contributed by atoms with Crippen molar-refractivity contribution in [2.75, 3.05) is 5.75 Å². The van der Waals surface area contributed by atoms with Gasteiger partial charge in [0.2, 0.25) is 0 Å². The largest absolute Gasteiger partial charge is 0.392 e. The van der Waals surface area contributed by atoms with Gasteiger partial charge < -0.3 is 9.84 Å². The van der Waals surface area contributed by atoms with Gasteiger partial charge in [-0.1, -0.05) is 19.8 Å². The van der Waals surface area contributed by atoms with Gasteiger partial charge in [0.15, 0.2) is 0 Å². The Kier molecular flexibility index (Phi) is 4.20. The van der Waals surface area contributed by atoms with Crippen LogP contribution in [0.2, 0.25) is 0 Å². The van der Waals surface area contributed by atoms with Crippen molar-refractivity contribution in [2.45, 2.75) is 75.4 Å². The summed E-state index contributed by atoms with van der Waals surface area (Å²) in [6, 6.07) is 0. The molecule has 1 saturated carbocycles. The van der Waals surface area contributed by atoms with E-state index in [0.29, 0.717) is 11.4 Å². The Morgan fingerprint density at radius 2 is 2.00 bits per heavy atom. The molecule has 3 heteroatoms. The molecule has 16 heavy (non-hydrogen) atoms. The summed E-state index contributed by atoms with van der Waals surface area (Å²) in [7, 11) is 0. The summed E-state index contributed by atoms with van der Waals surface area (Å²) in [6.07, 6.45) is 7.96. The van der Waals surface area contributed by atoms with Gasteiger partial charge >= 0.3 is 0 Å².